The fraction of sp³-hybridized carbons (Fsp3) is 0.0789. The summed E-state index contributed by atoms with van der Waals surface area (Å²) >= 11 is 0. The molecule has 236 valence electrons. The number of nitriles is 4. The Morgan fingerprint density at radius 1 is 0.816 bits per heavy atom. The van der Waals surface area contributed by atoms with Crippen molar-refractivity contribution in [2.45, 2.75) is 6.92 Å². The van der Waals surface area contributed by atoms with Crippen LogP contribution in [0, 0.1) is 65.4 Å². The van der Waals surface area contributed by atoms with Gasteiger partial charge in [-0.25, -0.2) is 25.0 Å². The normalized spacial score (nSPS) is 14.9. The summed E-state index contributed by atoms with van der Waals surface area (Å²) in [5.41, 5.74) is 1.92. The summed E-state index contributed by atoms with van der Waals surface area (Å²) in [5, 5.41) is 51.5. The zero-order valence-electron chi connectivity index (χ0n) is 26.4. The largest absolute Gasteiger partial charge is 0.564 e. The third-order valence-corrected chi connectivity index (χ3v) is 6.85. The van der Waals surface area contributed by atoms with E-state index in [0.717, 1.165) is 5.56 Å². The van der Waals surface area contributed by atoms with Crippen molar-refractivity contribution >= 4 is 17.1 Å². The van der Waals surface area contributed by atoms with Crippen molar-refractivity contribution < 1.29 is 19.4 Å². The number of allylic oxidation sites excluding steroid dienone is 13. The van der Waals surface area contributed by atoms with Crippen LogP contribution in [0.2, 0.25) is 0 Å². The topological polar surface area (TPSA) is 166 Å². The van der Waals surface area contributed by atoms with Gasteiger partial charge in [0.05, 0.1) is 78.8 Å². The fourth-order valence-corrected chi connectivity index (χ4v) is 4.40. The molecule has 0 saturated carbocycles. The number of esters is 1. The monoisotopic (exact) mass is 642 g/mol. The third kappa shape index (κ3) is 8.46. The number of likely N-dealkylation sites (N-methyl/N-ethyl adjacent to an activating group) is 1. The second-order valence-corrected chi connectivity index (χ2v) is 9.80. The lowest BCUT2D eigenvalue weighted by Gasteiger charge is -2.17. The fourth-order valence-electron chi connectivity index (χ4n) is 4.40. The smallest absolute Gasteiger partial charge is 0.337 e. The van der Waals surface area contributed by atoms with Gasteiger partial charge in [-0.2, -0.15) is 10.5 Å². The summed E-state index contributed by atoms with van der Waals surface area (Å²) in [6.45, 7) is 16.7. The molecule has 2 aromatic carbocycles. The molecular weight excluding hydrogens is 618 g/mol. The van der Waals surface area contributed by atoms with Crippen LogP contribution in [0.15, 0.2) is 131 Å². The van der Waals surface area contributed by atoms with E-state index in [0.29, 0.717) is 11.1 Å². The van der Waals surface area contributed by atoms with Crippen molar-refractivity contribution in [3.05, 3.63) is 176 Å². The van der Waals surface area contributed by atoms with Crippen molar-refractivity contribution in [3.8, 4) is 24.3 Å². The Morgan fingerprint density at radius 2 is 1.31 bits per heavy atom. The zero-order valence-corrected chi connectivity index (χ0v) is 26.4. The Labute approximate surface area is 283 Å². The number of carbonyl (C=O) groups excluding carboxylic acids is 1. The van der Waals surface area contributed by atoms with E-state index in [1.54, 1.807) is 25.2 Å². The summed E-state index contributed by atoms with van der Waals surface area (Å²) in [6.07, 6.45) is 10.1. The highest BCUT2D eigenvalue weighted by Gasteiger charge is 2.18. The maximum Gasteiger partial charge on any atom is 0.337 e. The van der Waals surface area contributed by atoms with Crippen molar-refractivity contribution in [2.24, 2.45) is 0 Å². The van der Waals surface area contributed by atoms with E-state index in [4.69, 9.17) is 22.6 Å². The van der Waals surface area contributed by atoms with Gasteiger partial charge in [0.1, 0.15) is 0 Å². The SMILES string of the molecule is [C-]#[N+]\C(C#N)=C(/C(C#N)=C/C=C/C1=C([O-])OC(=C/C=C/C=C(C#N)/C(=C(\C#N)[N+]#[C-])c2ccc(C)cc2)N1C)c1ccc(C(=O)OC)cc1. The minimum absolute atomic E-state index is 0.0418. The van der Waals surface area contributed by atoms with Gasteiger partial charge >= 0.3 is 5.97 Å². The summed E-state index contributed by atoms with van der Waals surface area (Å²) in [4.78, 5) is 19.8. The molecule has 0 saturated heterocycles. The van der Waals surface area contributed by atoms with E-state index >= 15 is 0 Å². The van der Waals surface area contributed by atoms with Crippen LogP contribution in [-0.2, 0) is 9.47 Å². The van der Waals surface area contributed by atoms with Gasteiger partial charge in [-0.05, 0) is 54.5 Å². The molecule has 0 unspecified atom stereocenters. The van der Waals surface area contributed by atoms with Crippen LogP contribution in [-0.4, -0.2) is 25.0 Å². The first-order valence-corrected chi connectivity index (χ1v) is 14.1. The van der Waals surface area contributed by atoms with Gasteiger partial charge in [-0.15, -0.1) is 0 Å². The molecule has 49 heavy (non-hydrogen) atoms. The number of methoxy groups -OCH3 is 1. The second-order valence-electron chi connectivity index (χ2n) is 9.80. The minimum atomic E-state index is -0.688. The van der Waals surface area contributed by atoms with Crippen molar-refractivity contribution in [2.75, 3.05) is 14.2 Å². The molecule has 0 fully saturated rings. The zero-order chi connectivity index (χ0) is 35.9. The molecule has 0 aromatic heterocycles. The van der Waals surface area contributed by atoms with Crippen LogP contribution >= 0.6 is 0 Å². The molecule has 2 aromatic rings. The number of carbonyl (C=O) groups is 1. The Hall–Kier alpha value is -7.83. The maximum atomic E-state index is 12.7. The highest BCUT2D eigenvalue weighted by molar-refractivity contribution is 5.92. The average Bonchev–Trinajstić information content (AvgIpc) is 3.39. The Kier molecular flexibility index (Phi) is 12.4. The van der Waals surface area contributed by atoms with E-state index in [1.807, 2.05) is 37.3 Å². The Bertz CT molecular complexity index is 2140. The summed E-state index contributed by atoms with van der Waals surface area (Å²) in [7, 11) is 2.81. The standard InChI is InChI=1S/C38H25N7O4/c1-25-13-15-26(16-14-25)35(31(23-41)43-2)29(21-39)9-6-7-12-34-45(4)33(38(47)49-34)11-8-10-30(22-40)36(32(24-42)44-3)27-17-19-28(20-18-27)37(46)48-5/h6-20,47H,1,4-5H3/p-1/b7-6+,11-8+,29-9+,30-10+,34-12?,35-31+,36-32-. The molecule has 11 heteroatoms. The van der Waals surface area contributed by atoms with Gasteiger partial charge in [0.2, 0.25) is 0 Å². The van der Waals surface area contributed by atoms with Gasteiger partial charge in [-0.1, -0.05) is 60.2 Å². The van der Waals surface area contributed by atoms with Crippen molar-refractivity contribution in [3.63, 3.8) is 0 Å². The van der Waals surface area contributed by atoms with Gasteiger partial charge in [0.25, 0.3) is 11.4 Å². The highest BCUT2D eigenvalue weighted by atomic mass is 16.6. The van der Waals surface area contributed by atoms with Crippen LogP contribution < -0.4 is 5.11 Å². The molecule has 1 heterocycles. The average molecular weight is 643 g/mol. The molecule has 0 spiro atoms. The van der Waals surface area contributed by atoms with Gasteiger partial charge < -0.3 is 19.5 Å². The summed E-state index contributed by atoms with van der Waals surface area (Å²) in [6, 6.07) is 20.6. The van der Waals surface area contributed by atoms with Crippen LogP contribution in [0.5, 0.6) is 0 Å². The number of ether oxygens (including phenoxy) is 2. The molecule has 0 atom stereocenters. The quantitative estimate of drug-likeness (QED) is 0.135. The number of hydrogen-bond donors (Lipinski definition) is 0. The molecule has 1 aliphatic heterocycles. The lowest BCUT2D eigenvalue weighted by atomic mass is 9.95. The van der Waals surface area contributed by atoms with Crippen LogP contribution in [0.1, 0.15) is 27.0 Å². The first-order valence-electron chi connectivity index (χ1n) is 14.1. The molecule has 0 N–H and O–H groups in total. The Morgan fingerprint density at radius 3 is 1.78 bits per heavy atom. The number of hydrogen-bond acceptors (Lipinski definition) is 9. The van der Waals surface area contributed by atoms with E-state index in [9.17, 15) is 30.9 Å². The predicted molar refractivity (Wildman–Crippen MR) is 177 cm³/mol. The lowest BCUT2D eigenvalue weighted by molar-refractivity contribution is -0.349. The van der Waals surface area contributed by atoms with E-state index in [-0.39, 0.29) is 50.8 Å². The molecule has 3 rings (SSSR count). The van der Waals surface area contributed by atoms with E-state index in [1.165, 1.54) is 78.8 Å². The van der Waals surface area contributed by atoms with Gasteiger partial charge in [0.15, 0.2) is 0 Å². The van der Waals surface area contributed by atoms with Crippen LogP contribution in [0.25, 0.3) is 20.8 Å². The minimum Gasteiger partial charge on any atom is -0.564 e. The predicted octanol–water partition coefficient (Wildman–Crippen LogP) is 6.13. The van der Waals surface area contributed by atoms with Crippen LogP contribution in [0.4, 0.5) is 0 Å². The summed E-state index contributed by atoms with van der Waals surface area (Å²) in [5.74, 6) is -1.11. The first-order chi connectivity index (χ1) is 23.7. The molecule has 0 aliphatic carbocycles. The first kappa shape index (κ1) is 35.6. The van der Waals surface area contributed by atoms with Crippen LogP contribution in [0.3, 0.4) is 0 Å². The van der Waals surface area contributed by atoms with Gasteiger partial charge in [0, 0.05) is 18.2 Å². The molecule has 1 aliphatic rings. The van der Waals surface area contributed by atoms with Crippen molar-refractivity contribution in [1.82, 2.24) is 4.90 Å². The lowest BCUT2D eigenvalue weighted by Crippen LogP contribution is -2.11. The summed E-state index contributed by atoms with van der Waals surface area (Å²) < 4.78 is 10.0. The molecule has 0 amide bonds. The number of nitrogens with zero attached hydrogens (tertiary/aromatic N) is 7. The van der Waals surface area contributed by atoms with Gasteiger partial charge in [-0.3, -0.25) is 0 Å². The molecule has 0 bridgehead atoms. The highest BCUT2D eigenvalue weighted by Crippen LogP contribution is 2.30. The molecular formula is C38H24N7O4-. The Balaban J connectivity index is 1.89. The number of benzene rings is 2. The molecule has 0 radical (unpaired) electrons. The molecule has 11 nitrogen and oxygen atoms in total. The second kappa shape index (κ2) is 17.0. The maximum absolute atomic E-state index is 12.7. The van der Waals surface area contributed by atoms with E-state index < -0.39 is 11.9 Å². The third-order valence-electron chi connectivity index (χ3n) is 6.85. The van der Waals surface area contributed by atoms with E-state index in [2.05, 4.69) is 9.69 Å². The number of aryl methyl sites for hydroxylation is 1. The van der Waals surface area contributed by atoms with Crippen molar-refractivity contribution in [1.29, 1.82) is 21.0 Å². The number of rotatable bonds is 9.